The summed E-state index contributed by atoms with van der Waals surface area (Å²) in [5, 5.41) is 11.6. The highest BCUT2D eigenvalue weighted by Gasteiger charge is 2.12. The maximum Gasteiger partial charge on any atom is 0.120 e. The first-order chi connectivity index (χ1) is 6.15. The van der Waals surface area contributed by atoms with Crippen LogP contribution < -0.4 is 0 Å². The summed E-state index contributed by atoms with van der Waals surface area (Å²) in [4.78, 5) is 0. The van der Waals surface area contributed by atoms with Gasteiger partial charge in [-0.2, -0.15) is 0 Å². The molecule has 71 valence electrons. The predicted octanol–water partition coefficient (Wildman–Crippen LogP) is 3.38. The second-order valence-electron chi connectivity index (χ2n) is 3.76. The third-order valence-electron chi connectivity index (χ3n) is 2.32. The third-order valence-corrected chi connectivity index (χ3v) is 2.32. The van der Waals surface area contributed by atoms with Crippen LogP contribution in [0.3, 0.4) is 0 Å². The minimum absolute atomic E-state index is 0.174. The molecule has 0 aromatic heterocycles. The molecule has 1 heteroatoms. The fourth-order valence-electron chi connectivity index (χ4n) is 1.33. The quantitative estimate of drug-likeness (QED) is 0.674. The number of aryl methyl sites for hydroxylation is 1. The van der Waals surface area contributed by atoms with Crippen molar-refractivity contribution < 1.29 is 5.11 Å². The predicted molar refractivity (Wildman–Crippen MR) is 54.1 cm³/mol. The van der Waals surface area contributed by atoms with Gasteiger partial charge in [0.25, 0.3) is 0 Å². The average Bonchev–Trinajstić information content (AvgIpc) is 2.17. The Balaban J connectivity index is 2.79. The standard InChI is InChI=1S/C12H17O/c1-4-10-5-7-11(8-6-10)12(13)9(2)3/h5-9,12H,4H2,1-3H3. The first-order valence-electron chi connectivity index (χ1n) is 4.89. The fraction of sp³-hybridized carbons (Fsp3) is 0.500. The Bertz CT molecular complexity index is 248. The van der Waals surface area contributed by atoms with E-state index >= 15 is 0 Å². The van der Waals surface area contributed by atoms with Crippen LogP contribution in [0, 0.1) is 5.92 Å². The van der Waals surface area contributed by atoms with Gasteiger partial charge in [-0.05, 0) is 23.5 Å². The van der Waals surface area contributed by atoms with Crippen LogP contribution in [0.15, 0.2) is 24.3 Å². The molecular weight excluding hydrogens is 160 g/mol. The zero-order valence-electron chi connectivity index (χ0n) is 8.58. The lowest BCUT2D eigenvalue weighted by Crippen LogP contribution is -2.03. The Labute approximate surface area is 80.4 Å². The molecule has 0 aliphatic heterocycles. The zero-order chi connectivity index (χ0) is 9.84. The zero-order valence-corrected chi connectivity index (χ0v) is 8.58. The molecule has 0 bridgehead atoms. The molecule has 1 aromatic rings. The molecule has 1 unspecified atom stereocenters. The van der Waals surface area contributed by atoms with Gasteiger partial charge in [0.2, 0.25) is 0 Å². The van der Waals surface area contributed by atoms with Gasteiger partial charge >= 0.3 is 0 Å². The van der Waals surface area contributed by atoms with Gasteiger partial charge in [0.15, 0.2) is 0 Å². The Morgan fingerprint density at radius 2 is 1.69 bits per heavy atom. The van der Waals surface area contributed by atoms with Gasteiger partial charge in [-0.15, -0.1) is 0 Å². The summed E-state index contributed by atoms with van der Waals surface area (Å²) in [6, 6.07) is 8.00. The molecule has 0 amide bonds. The Hall–Kier alpha value is -0.820. The van der Waals surface area contributed by atoms with Gasteiger partial charge in [0.1, 0.15) is 6.10 Å². The van der Waals surface area contributed by atoms with Gasteiger partial charge in [-0.25, -0.2) is 5.11 Å². The van der Waals surface area contributed by atoms with Gasteiger partial charge in [0.05, 0.1) is 0 Å². The van der Waals surface area contributed by atoms with Crippen molar-refractivity contribution in [1.82, 2.24) is 0 Å². The van der Waals surface area contributed by atoms with Gasteiger partial charge in [-0.3, -0.25) is 0 Å². The maximum atomic E-state index is 11.6. The monoisotopic (exact) mass is 177 g/mol. The van der Waals surface area contributed by atoms with Crippen molar-refractivity contribution in [2.24, 2.45) is 5.92 Å². The van der Waals surface area contributed by atoms with E-state index in [0.717, 1.165) is 12.0 Å². The average molecular weight is 177 g/mol. The molecule has 1 rings (SSSR count). The summed E-state index contributed by atoms with van der Waals surface area (Å²) in [6.07, 6.45) is 0.455. The smallest absolute Gasteiger partial charge is 0.120 e. The van der Waals surface area contributed by atoms with Crippen LogP contribution in [-0.2, 0) is 11.5 Å². The molecule has 0 spiro atoms. The second-order valence-corrected chi connectivity index (χ2v) is 3.76. The van der Waals surface area contributed by atoms with Gasteiger partial charge in [-0.1, -0.05) is 45.0 Å². The van der Waals surface area contributed by atoms with E-state index in [1.54, 1.807) is 0 Å². The molecule has 1 atom stereocenters. The lowest BCUT2D eigenvalue weighted by molar-refractivity contribution is 0.0488. The normalized spacial score (nSPS) is 13.3. The van der Waals surface area contributed by atoms with Crippen molar-refractivity contribution in [2.75, 3.05) is 0 Å². The summed E-state index contributed by atoms with van der Waals surface area (Å²) in [7, 11) is 0. The van der Waals surface area contributed by atoms with Crippen molar-refractivity contribution in [2.45, 2.75) is 33.3 Å². The summed E-state index contributed by atoms with van der Waals surface area (Å²) >= 11 is 0. The summed E-state index contributed by atoms with van der Waals surface area (Å²) in [5.74, 6) is 0.174. The molecule has 0 saturated carbocycles. The number of benzene rings is 1. The summed E-state index contributed by atoms with van der Waals surface area (Å²) < 4.78 is 0. The molecule has 0 saturated heterocycles. The molecule has 1 nitrogen and oxygen atoms in total. The topological polar surface area (TPSA) is 19.9 Å². The van der Waals surface area contributed by atoms with E-state index < -0.39 is 6.10 Å². The maximum absolute atomic E-state index is 11.6. The van der Waals surface area contributed by atoms with E-state index in [9.17, 15) is 5.11 Å². The first kappa shape index (κ1) is 10.3. The van der Waals surface area contributed by atoms with Gasteiger partial charge < -0.3 is 0 Å². The number of rotatable bonds is 3. The van der Waals surface area contributed by atoms with E-state index in [1.165, 1.54) is 5.56 Å². The molecule has 0 aliphatic rings. The highest BCUT2D eigenvalue weighted by Crippen LogP contribution is 2.22. The minimum Gasteiger partial charge on any atom is -0.228 e. The largest absolute Gasteiger partial charge is 0.228 e. The fourth-order valence-corrected chi connectivity index (χ4v) is 1.33. The van der Waals surface area contributed by atoms with E-state index in [0.29, 0.717) is 0 Å². The van der Waals surface area contributed by atoms with Crippen LogP contribution in [0.1, 0.15) is 38.0 Å². The minimum atomic E-state index is -0.578. The van der Waals surface area contributed by atoms with Crippen LogP contribution >= 0.6 is 0 Å². The highest BCUT2D eigenvalue weighted by molar-refractivity contribution is 5.24. The first-order valence-corrected chi connectivity index (χ1v) is 4.89. The molecular formula is C12H17O. The van der Waals surface area contributed by atoms with E-state index in [2.05, 4.69) is 6.92 Å². The third kappa shape index (κ3) is 2.56. The molecule has 0 fully saturated rings. The molecule has 1 aromatic carbocycles. The molecule has 13 heavy (non-hydrogen) atoms. The summed E-state index contributed by atoms with van der Waals surface area (Å²) in [5.41, 5.74) is 2.20. The Kier molecular flexibility index (Phi) is 3.49. The number of hydrogen-bond donors (Lipinski definition) is 0. The van der Waals surface area contributed by atoms with Crippen molar-refractivity contribution in [3.05, 3.63) is 35.4 Å². The SMILES string of the molecule is CCc1ccc(C([O])C(C)C)cc1. The van der Waals surface area contributed by atoms with Crippen LogP contribution in [0.2, 0.25) is 0 Å². The Morgan fingerprint density at radius 3 is 2.08 bits per heavy atom. The van der Waals surface area contributed by atoms with E-state index in [1.807, 2.05) is 38.1 Å². The lowest BCUT2D eigenvalue weighted by Gasteiger charge is -2.12. The molecule has 0 aliphatic carbocycles. The number of hydrogen-bond acceptors (Lipinski definition) is 0. The van der Waals surface area contributed by atoms with Gasteiger partial charge in [0, 0.05) is 0 Å². The molecule has 0 heterocycles. The van der Waals surface area contributed by atoms with Crippen molar-refractivity contribution in [3.63, 3.8) is 0 Å². The van der Waals surface area contributed by atoms with E-state index in [4.69, 9.17) is 0 Å². The van der Waals surface area contributed by atoms with Crippen LogP contribution in [0.5, 0.6) is 0 Å². The van der Waals surface area contributed by atoms with Crippen LogP contribution in [0.4, 0.5) is 0 Å². The molecule has 0 N–H and O–H groups in total. The van der Waals surface area contributed by atoms with Crippen molar-refractivity contribution >= 4 is 0 Å². The lowest BCUT2D eigenvalue weighted by atomic mass is 9.98. The van der Waals surface area contributed by atoms with Crippen molar-refractivity contribution in [3.8, 4) is 0 Å². The molecule has 1 radical (unpaired) electrons. The summed E-state index contributed by atoms with van der Waals surface area (Å²) in [6.45, 7) is 6.04. The van der Waals surface area contributed by atoms with E-state index in [-0.39, 0.29) is 5.92 Å². The van der Waals surface area contributed by atoms with Crippen LogP contribution in [-0.4, -0.2) is 0 Å². The highest BCUT2D eigenvalue weighted by atomic mass is 16.3. The van der Waals surface area contributed by atoms with Crippen molar-refractivity contribution in [1.29, 1.82) is 0 Å². The van der Waals surface area contributed by atoms with Crippen LogP contribution in [0.25, 0.3) is 0 Å². The second kappa shape index (κ2) is 4.43. The Morgan fingerprint density at radius 1 is 1.15 bits per heavy atom.